The molecule has 0 aromatic rings. The molecule has 0 unspecified atom stereocenters. The van der Waals surface area contributed by atoms with E-state index in [-0.39, 0.29) is 12.0 Å². The van der Waals surface area contributed by atoms with Crippen LogP contribution in [0.2, 0.25) is 0 Å². The molecule has 86 valence electrons. The Labute approximate surface area is 88.5 Å². The Bertz CT molecular complexity index is 232. The summed E-state index contributed by atoms with van der Waals surface area (Å²) in [6.45, 7) is 2.41. The summed E-state index contributed by atoms with van der Waals surface area (Å²) in [5.41, 5.74) is 0. The Kier molecular flexibility index (Phi) is 4.89. The second kappa shape index (κ2) is 6.23. The summed E-state index contributed by atoms with van der Waals surface area (Å²) in [7, 11) is 1.58. The zero-order valence-electron chi connectivity index (χ0n) is 8.82. The third-order valence-electron chi connectivity index (χ3n) is 2.08. The maximum absolute atomic E-state index is 11.2. The molecule has 1 aliphatic heterocycles. The van der Waals surface area contributed by atoms with Crippen LogP contribution in [0, 0.1) is 0 Å². The molecule has 1 heterocycles. The van der Waals surface area contributed by atoms with Crippen molar-refractivity contribution in [3.05, 3.63) is 0 Å². The summed E-state index contributed by atoms with van der Waals surface area (Å²) in [6, 6.07) is 0. The number of hydrogen-bond acceptors (Lipinski definition) is 4. The Hall–Kier alpha value is -1.30. The lowest BCUT2D eigenvalue weighted by molar-refractivity contribution is -0.121. The maximum Gasteiger partial charge on any atom is 0.409 e. The average molecular weight is 216 g/mol. The van der Waals surface area contributed by atoms with Gasteiger partial charge in [0.25, 0.3) is 0 Å². The number of methoxy groups -OCH3 is 1. The molecule has 0 aromatic heterocycles. The van der Waals surface area contributed by atoms with Gasteiger partial charge >= 0.3 is 6.09 Å². The number of carbonyl (C=O) groups is 2. The third kappa shape index (κ3) is 4.16. The molecule has 6 heteroatoms. The third-order valence-corrected chi connectivity index (χ3v) is 2.08. The number of carbonyl (C=O) groups excluding carboxylic acids is 2. The first-order valence-electron chi connectivity index (χ1n) is 4.91. The molecule has 1 saturated heterocycles. The second-order valence-electron chi connectivity index (χ2n) is 3.19. The molecule has 0 bridgehead atoms. The first-order valence-corrected chi connectivity index (χ1v) is 4.91. The van der Waals surface area contributed by atoms with Crippen molar-refractivity contribution in [3.63, 3.8) is 0 Å². The predicted octanol–water partition coefficient (Wildman–Crippen LogP) is -0.409. The van der Waals surface area contributed by atoms with Crippen LogP contribution in [-0.4, -0.2) is 56.9 Å². The number of cyclic esters (lactones) is 1. The molecular formula is C9H16N2O4. The van der Waals surface area contributed by atoms with Gasteiger partial charge in [-0.25, -0.2) is 4.79 Å². The van der Waals surface area contributed by atoms with Crippen molar-refractivity contribution in [1.29, 1.82) is 0 Å². The van der Waals surface area contributed by atoms with Crippen LogP contribution in [0.25, 0.3) is 0 Å². The first-order chi connectivity index (χ1) is 7.24. The normalized spacial score (nSPS) is 15.3. The smallest absolute Gasteiger partial charge is 0.409 e. The van der Waals surface area contributed by atoms with Crippen LogP contribution < -0.4 is 5.32 Å². The summed E-state index contributed by atoms with van der Waals surface area (Å²) < 4.78 is 9.52. The summed E-state index contributed by atoms with van der Waals surface area (Å²) >= 11 is 0. The van der Waals surface area contributed by atoms with Crippen LogP contribution >= 0.6 is 0 Å². The van der Waals surface area contributed by atoms with Crippen molar-refractivity contribution in [3.8, 4) is 0 Å². The molecule has 6 nitrogen and oxygen atoms in total. The zero-order chi connectivity index (χ0) is 11.1. The maximum atomic E-state index is 11.2. The van der Waals surface area contributed by atoms with Crippen LogP contribution in [-0.2, 0) is 14.3 Å². The minimum atomic E-state index is -0.334. The summed E-state index contributed by atoms with van der Waals surface area (Å²) in [5.74, 6) is -0.0771. The van der Waals surface area contributed by atoms with E-state index < -0.39 is 0 Å². The van der Waals surface area contributed by atoms with Gasteiger partial charge in [-0.05, 0) is 0 Å². The molecule has 15 heavy (non-hydrogen) atoms. The molecule has 1 rings (SSSR count). The van der Waals surface area contributed by atoms with Gasteiger partial charge < -0.3 is 19.7 Å². The fourth-order valence-corrected chi connectivity index (χ4v) is 1.25. The molecular weight excluding hydrogens is 200 g/mol. The van der Waals surface area contributed by atoms with Gasteiger partial charge in [0.15, 0.2) is 0 Å². The highest BCUT2D eigenvalue weighted by Crippen LogP contribution is 2.03. The summed E-state index contributed by atoms with van der Waals surface area (Å²) in [5, 5.41) is 2.68. The molecule has 1 fully saturated rings. The zero-order valence-corrected chi connectivity index (χ0v) is 8.82. The van der Waals surface area contributed by atoms with Gasteiger partial charge in [-0.1, -0.05) is 0 Å². The van der Waals surface area contributed by atoms with E-state index in [1.165, 1.54) is 4.90 Å². The molecule has 0 spiro atoms. The van der Waals surface area contributed by atoms with Crippen LogP contribution in [0.4, 0.5) is 4.79 Å². The molecule has 0 radical (unpaired) electrons. The standard InChI is InChI=1S/C9H16N2O4/c1-14-6-3-10-8(12)2-4-11-5-7-15-9(11)13/h2-7H2,1H3,(H,10,12). The van der Waals surface area contributed by atoms with E-state index in [4.69, 9.17) is 9.47 Å². The average Bonchev–Trinajstić information content (AvgIpc) is 2.61. The van der Waals surface area contributed by atoms with E-state index in [1.807, 2.05) is 0 Å². The van der Waals surface area contributed by atoms with E-state index in [0.29, 0.717) is 39.3 Å². The van der Waals surface area contributed by atoms with Crippen LogP contribution in [0.15, 0.2) is 0 Å². The number of rotatable bonds is 6. The van der Waals surface area contributed by atoms with Crippen LogP contribution in [0.1, 0.15) is 6.42 Å². The minimum Gasteiger partial charge on any atom is -0.448 e. The van der Waals surface area contributed by atoms with Crippen molar-refractivity contribution in [2.75, 3.05) is 40.0 Å². The number of nitrogens with one attached hydrogen (secondary N) is 1. The van der Waals surface area contributed by atoms with E-state index >= 15 is 0 Å². The molecule has 0 saturated carbocycles. The predicted molar refractivity (Wildman–Crippen MR) is 52.4 cm³/mol. The molecule has 0 aliphatic carbocycles. The molecule has 1 N–H and O–H groups in total. The number of amides is 2. The quantitative estimate of drug-likeness (QED) is 0.613. The highest BCUT2D eigenvalue weighted by atomic mass is 16.6. The van der Waals surface area contributed by atoms with Gasteiger partial charge in [0.05, 0.1) is 13.2 Å². The van der Waals surface area contributed by atoms with Crippen molar-refractivity contribution in [1.82, 2.24) is 10.2 Å². The van der Waals surface area contributed by atoms with Gasteiger partial charge in [-0.15, -0.1) is 0 Å². The van der Waals surface area contributed by atoms with Gasteiger partial charge in [-0.3, -0.25) is 4.79 Å². The highest BCUT2D eigenvalue weighted by Gasteiger charge is 2.21. The fourth-order valence-electron chi connectivity index (χ4n) is 1.25. The number of ether oxygens (including phenoxy) is 2. The van der Waals surface area contributed by atoms with Crippen molar-refractivity contribution < 1.29 is 19.1 Å². The summed E-state index contributed by atoms with van der Waals surface area (Å²) in [6.07, 6.45) is -0.0292. The monoisotopic (exact) mass is 216 g/mol. The lowest BCUT2D eigenvalue weighted by Gasteiger charge is -2.11. The Morgan fingerprint density at radius 1 is 1.67 bits per heavy atom. The lowest BCUT2D eigenvalue weighted by atomic mass is 10.3. The van der Waals surface area contributed by atoms with Crippen LogP contribution in [0.3, 0.4) is 0 Å². The fraction of sp³-hybridized carbons (Fsp3) is 0.778. The Morgan fingerprint density at radius 2 is 2.47 bits per heavy atom. The van der Waals surface area contributed by atoms with Crippen molar-refractivity contribution in [2.24, 2.45) is 0 Å². The highest BCUT2D eigenvalue weighted by molar-refractivity contribution is 5.77. The van der Waals surface area contributed by atoms with E-state index in [0.717, 1.165) is 0 Å². The van der Waals surface area contributed by atoms with Crippen molar-refractivity contribution >= 4 is 12.0 Å². The van der Waals surface area contributed by atoms with Crippen molar-refractivity contribution in [2.45, 2.75) is 6.42 Å². The largest absolute Gasteiger partial charge is 0.448 e. The van der Waals surface area contributed by atoms with Crippen LogP contribution in [0.5, 0.6) is 0 Å². The first kappa shape index (κ1) is 11.8. The number of nitrogens with zero attached hydrogens (tertiary/aromatic N) is 1. The lowest BCUT2D eigenvalue weighted by Crippen LogP contribution is -2.32. The van der Waals surface area contributed by atoms with Gasteiger partial charge in [0.2, 0.25) is 5.91 Å². The van der Waals surface area contributed by atoms with E-state index in [1.54, 1.807) is 7.11 Å². The van der Waals surface area contributed by atoms with E-state index in [2.05, 4.69) is 5.32 Å². The molecule has 1 aliphatic rings. The second-order valence-corrected chi connectivity index (χ2v) is 3.19. The Balaban J connectivity index is 2.08. The SMILES string of the molecule is COCCNC(=O)CCN1CCOC1=O. The molecule has 2 amide bonds. The number of hydrogen-bond donors (Lipinski definition) is 1. The Morgan fingerprint density at radius 3 is 3.07 bits per heavy atom. The minimum absolute atomic E-state index is 0.0771. The van der Waals surface area contributed by atoms with Gasteiger partial charge in [0.1, 0.15) is 6.61 Å². The van der Waals surface area contributed by atoms with Gasteiger partial charge in [0, 0.05) is 26.6 Å². The topological polar surface area (TPSA) is 67.9 Å². The van der Waals surface area contributed by atoms with Gasteiger partial charge in [-0.2, -0.15) is 0 Å². The summed E-state index contributed by atoms with van der Waals surface area (Å²) in [4.78, 5) is 23.8. The molecule has 0 atom stereocenters. The molecule has 0 aromatic carbocycles. The van der Waals surface area contributed by atoms with E-state index in [9.17, 15) is 9.59 Å².